The molecule has 2 aliphatic heterocycles. The highest BCUT2D eigenvalue weighted by molar-refractivity contribution is 6.06. The standard InChI is InChI=1S/C21H22N2O5/c1-21(2)12-22-18(24)15-11-13(8-9-16(15)21)23-10-6-5-7-14(19(25)27-3)17(23)20(26)28-4/h5-11H,12H2,1-4H3,(H,22,24). The summed E-state index contributed by atoms with van der Waals surface area (Å²) in [4.78, 5) is 38.7. The van der Waals surface area contributed by atoms with Crippen molar-refractivity contribution in [3.8, 4) is 0 Å². The molecule has 2 heterocycles. The first-order valence-electron chi connectivity index (χ1n) is 8.78. The van der Waals surface area contributed by atoms with E-state index >= 15 is 0 Å². The van der Waals surface area contributed by atoms with Crippen molar-refractivity contribution in [3.63, 3.8) is 0 Å². The zero-order chi connectivity index (χ0) is 20.5. The lowest BCUT2D eigenvalue weighted by atomic mass is 9.79. The molecule has 0 aromatic heterocycles. The number of benzene rings is 1. The van der Waals surface area contributed by atoms with Crippen LogP contribution in [-0.4, -0.2) is 38.6 Å². The number of esters is 2. The van der Waals surface area contributed by atoms with Crippen LogP contribution in [0.15, 0.2) is 53.9 Å². The van der Waals surface area contributed by atoms with E-state index in [1.165, 1.54) is 25.2 Å². The Morgan fingerprint density at radius 1 is 1.11 bits per heavy atom. The molecule has 0 saturated carbocycles. The number of carbonyl (C=O) groups excluding carboxylic acids is 3. The summed E-state index contributed by atoms with van der Waals surface area (Å²) in [7, 11) is 2.48. The number of hydrogen-bond donors (Lipinski definition) is 1. The highest BCUT2D eigenvalue weighted by atomic mass is 16.5. The molecule has 2 aliphatic rings. The number of nitrogens with one attached hydrogen (secondary N) is 1. The number of methoxy groups -OCH3 is 2. The molecule has 0 saturated heterocycles. The van der Waals surface area contributed by atoms with E-state index in [1.54, 1.807) is 24.4 Å². The highest BCUT2D eigenvalue weighted by Gasteiger charge is 2.33. The third-order valence-electron chi connectivity index (χ3n) is 4.84. The van der Waals surface area contributed by atoms with Crippen molar-refractivity contribution < 1.29 is 23.9 Å². The summed E-state index contributed by atoms with van der Waals surface area (Å²) in [6.07, 6.45) is 6.43. The van der Waals surface area contributed by atoms with E-state index in [9.17, 15) is 14.4 Å². The van der Waals surface area contributed by atoms with E-state index in [0.717, 1.165) is 5.56 Å². The topological polar surface area (TPSA) is 84.9 Å². The molecule has 1 aromatic carbocycles. The number of ether oxygens (including phenoxy) is 2. The largest absolute Gasteiger partial charge is 0.465 e. The number of hydrogen-bond acceptors (Lipinski definition) is 6. The maximum absolute atomic E-state index is 12.5. The van der Waals surface area contributed by atoms with Gasteiger partial charge in [-0.05, 0) is 29.8 Å². The average molecular weight is 382 g/mol. The molecule has 0 bridgehead atoms. The van der Waals surface area contributed by atoms with E-state index in [1.807, 2.05) is 12.1 Å². The molecular formula is C21H22N2O5. The van der Waals surface area contributed by atoms with Crippen LogP contribution in [0, 0.1) is 0 Å². The lowest BCUT2D eigenvalue weighted by Gasteiger charge is -2.33. The Morgan fingerprint density at radius 2 is 1.82 bits per heavy atom. The van der Waals surface area contributed by atoms with Crippen molar-refractivity contribution in [2.45, 2.75) is 19.3 Å². The molecule has 3 rings (SSSR count). The third kappa shape index (κ3) is 3.31. The van der Waals surface area contributed by atoms with Gasteiger partial charge in [0.15, 0.2) is 0 Å². The van der Waals surface area contributed by atoms with E-state index in [2.05, 4.69) is 19.2 Å². The summed E-state index contributed by atoms with van der Waals surface area (Å²) in [6.45, 7) is 4.65. The van der Waals surface area contributed by atoms with Gasteiger partial charge in [0.25, 0.3) is 5.91 Å². The molecule has 0 unspecified atom stereocenters. The number of nitrogens with zero attached hydrogens (tertiary/aromatic N) is 1. The van der Waals surface area contributed by atoms with Crippen LogP contribution < -0.4 is 10.2 Å². The molecule has 0 fully saturated rings. The minimum atomic E-state index is -0.695. The van der Waals surface area contributed by atoms with Crippen LogP contribution in [0.5, 0.6) is 0 Å². The van der Waals surface area contributed by atoms with Crippen molar-refractivity contribution in [2.75, 3.05) is 25.7 Å². The molecule has 1 aromatic rings. The zero-order valence-electron chi connectivity index (χ0n) is 16.2. The van der Waals surface area contributed by atoms with Crippen LogP contribution >= 0.6 is 0 Å². The lowest BCUT2D eigenvalue weighted by molar-refractivity contribution is -0.139. The second-order valence-corrected chi connectivity index (χ2v) is 7.11. The van der Waals surface area contributed by atoms with Crippen molar-refractivity contribution in [2.24, 2.45) is 0 Å². The fourth-order valence-electron chi connectivity index (χ4n) is 3.32. The van der Waals surface area contributed by atoms with Gasteiger partial charge in [0.1, 0.15) is 5.70 Å². The Balaban J connectivity index is 2.18. The second-order valence-electron chi connectivity index (χ2n) is 7.11. The minimum absolute atomic E-state index is 0.00905. The quantitative estimate of drug-likeness (QED) is 0.807. The van der Waals surface area contributed by atoms with Gasteiger partial charge in [-0.1, -0.05) is 26.0 Å². The predicted molar refractivity (Wildman–Crippen MR) is 104 cm³/mol. The van der Waals surface area contributed by atoms with Crippen LogP contribution in [0.2, 0.25) is 0 Å². The fraction of sp³-hybridized carbons (Fsp3) is 0.286. The fourth-order valence-corrected chi connectivity index (χ4v) is 3.32. The molecule has 146 valence electrons. The normalized spacial score (nSPS) is 17.6. The van der Waals surface area contributed by atoms with Crippen molar-refractivity contribution in [3.05, 3.63) is 65.0 Å². The van der Waals surface area contributed by atoms with Crippen molar-refractivity contribution >= 4 is 23.5 Å². The molecule has 7 heteroatoms. The van der Waals surface area contributed by atoms with E-state index < -0.39 is 11.9 Å². The summed E-state index contributed by atoms with van der Waals surface area (Å²) >= 11 is 0. The van der Waals surface area contributed by atoms with Gasteiger partial charge in [-0.25, -0.2) is 9.59 Å². The second kappa shape index (κ2) is 7.34. The number of fused-ring (bicyclic) bond motifs is 1. The summed E-state index contributed by atoms with van der Waals surface area (Å²) in [5.74, 6) is -1.54. The maximum atomic E-state index is 12.5. The van der Waals surface area contributed by atoms with Gasteiger partial charge >= 0.3 is 11.9 Å². The Morgan fingerprint density at radius 3 is 2.50 bits per heavy atom. The Labute approximate surface area is 163 Å². The minimum Gasteiger partial charge on any atom is -0.465 e. The predicted octanol–water partition coefficient (Wildman–Crippen LogP) is 2.20. The van der Waals surface area contributed by atoms with E-state index in [0.29, 0.717) is 17.8 Å². The first-order chi connectivity index (χ1) is 13.3. The first-order valence-corrected chi connectivity index (χ1v) is 8.78. The molecule has 28 heavy (non-hydrogen) atoms. The molecule has 0 spiro atoms. The molecular weight excluding hydrogens is 360 g/mol. The first kappa shape index (κ1) is 19.4. The van der Waals surface area contributed by atoms with Crippen LogP contribution in [0.25, 0.3) is 0 Å². The van der Waals surface area contributed by atoms with E-state index in [-0.39, 0.29) is 22.6 Å². The van der Waals surface area contributed by atoms with Crippen LogP contribution in [-0.2, 0) is 24.5 Å². The molecule has 0 radical (unpaired) electrons. The third-order valence-corrected chi connectivity index (χ3v) is 4.84. The molecule has 0 atom stereocenters. The average Bonchev–Trinajstić information content (AvgIpc) is 2.92. The van der Waals surface area contributed by atoms with Gasteiger partial charge in [0.05, 0.1) is 19.8 Å². The smallest absolute Gasteiger partial charge is 0.355 e. The van der Waals surface area contributed by atoms with Crippen molar-refractivity contribution in [1.29, 1.82) is 0 Å². The summed E-state index contributed by atoms with van der Waals surface area (Å²) in [6, 6.07) is 5.40. The van der Waals surface area contributed by atoms with Gasteiger partial charge in [0, 0.05) is 29.4 Å². The Hall–Kier alpha value is -3.35. The van der Waals surface area contributed by atoms with Crippen LogP contribution in [0.3, 0.4) is 0 Å². The van der Waals surface area contributed by atoms with Crippen LogP contribution in [0.4, 0.5) is 5.69 Å². The highest BCUT2D eigenvalue weighted by Crippen LogP contribution is 2.34. The summed E-state index contributed by atoms with van der Waals surface area (Å²) in [5, 5.41) is 2.89. The number of anilines is 1. The molecule has 0 aliphatic carbocycles. The number of allylic oxidation sites excluding steroid dienone is 2. The zero-order valence-corrected chi connectivity index (χ0v) is 16.2. The molecule has 1 amide bonds. The Bertz CT molecular complexity index is 940. The summed E-state index contributed by atoms with van der Waals surface area (Å²) < 4.78 is 9.71. The van der Waals surface area contributed by atoms with Gasteiger partial charge in [-0.3, -0.25) is 4.79 Å². The van der Waals surface area contributed by atoms with E-state index in [4.69, 9.17) is 9.47 Å². The monoisotopic (exact) mass is 382 g/mol. The number of amides is 1. The van der Waals surface area contributed by atoms with Gasteiger partial charge < -0.3 is 19.7 Å². The number of rotatable bonds is 3. The summed E-state index contributed by atoms with van der Waals surface area (Å²) in [5.41, 5.74) is 1.86. The van der Waals surface area contributed by atoms with Gasteiger partial charge in [0.2, 0.25) is 0 Å². The van der Waals surface area contributed by atoms with Gasteiger partial charge in [-0.15, -0.1) is 0 Å². The Kier molecular flexibility index (Phi) is 5.09. The lowest BCUT2D eigenvalue weighted by Crippen LogP contribution is -2.43. The van der Waals surface area contributed by atoms with Crippen molar-refractivity contribution in [1.82, 2.24) is 5.32 Å². The molecule has 7 nitrogen and oxygen atoms in total. The SMILES string of the molecule is COC(=O)C1=C(C(=O)OC)N(c2ccc3c(c2)C(=O)NCC3(C)C)C=CC=C1. The molecule has 1 N–H and O–H groups in total. The number of carbonyl (C=O) groups is 3. The van der Waals surface area contributed by atoms with Gasteiger partial charge in [-0.2, -0.15) is 0 Å². The van der Waals surface area contributed by atoms with Crippen LogP contribution in [0.1, 0.15) is 29.8 Å². The maximum Gasteiger partial charge on any atom is 0.355 e.